The van der Waals surface area contributed by atoms with Crippen LogP contribution in [-0.4, -0.2) is 26.4 Å². The van der Waals surface area contributed by atoms with Crippen molar-refractivity contribution in [3.8, 4) is 0 Å². The lowest BCUT2D eigenvalue weighted by Crippen LogP contribution is -2.14. The summed E-state index contributed by atoms with van der Waals surface area (Å²) >= 11 is 0. The molecule has 0 aromatic carbocycles. The van der Waals surface area contributed by atoms with E-state index in [1.165, 1.54) is 18.4 Å². The first kappa shape index (κ1) is 13.7. The third kappa shape index (κ3) is 2.83. The van der Waals surface area contributed by atoms with E-state index < -0.39 is 0 Å². The van der Waals surface area contributed by atoms with Gasteiger partial charge in [-0.05, 0) is 32.1 Å². The molecule has 4 rings (SSSR count). The van der Waals surface area contributed by atoms with Crippen LogP contribution in [0.25, 0.3) is 6.08 Å². The van der Waals surface area contributed by atoms with Crippen LogP contribution in [0.3, 0.4) is 0 Å². The Morgan fingerprint density at radius 2 is 2.18 bits per heavy atom. The normalized spacial score (nSPS) is 25.0. The highest BCUT2D eigenvalue weighted by Crippen LogP contribution is 2.35. The fourth-order valence-electron chi connectivity index (χ4n) is 3.33. The van der Waals surface area contributed by atoms with Crippen LogP contribution in [0.4, 0.5) is 0 Å². The Morgan fingerprint density at radius 1 is 1.27 bits per heavy atom. The standard InChI is InChI=1S/C16H20N4O2/c1-2-4-12(3-1)9-14-18-19-16(22-14)15-13(5-8-21-15)10-20-7-6-17-11-20/h6-7,9,11,13,15H,1-5,8,10H2/t13-,15-/m0/s1. The second-order valence-corrected chi connectivity index (χ2v) is 6.09. The maximum Gasteiger partial charge on any atom is 0.245 e. The minimum atomic E-state index is -0.106. The van der Waals surface area contributed by atoms with Crippen molar-refractivity contribution in [3.63, 3.8) is 0 Å². The Kier molecular flexibility index (Phi) is 3.76. The van der Waals surface area contributed by atoms with Crippen LogP contribution in [0.1, 0.15) is 50.0 Å². The molecular formula is C16H20N4O2. The largest absolute Gasteiger partial charge is 0.418 e. The van der Waals surface area contributed by atoms with Gasteiger partial charge in [0, 0.05) is 37.5 Å². The molecule has 0 unspecified atom stereocenters. The molecule has 1 saturated carbocycles. The fourth-order valence-corrected chi connectivity index (χ4v) is 3.33. The summed E-state index contributed by atoms with van der Waals surface area (Å²) in [5.74, 6) is 1.57. The Balaban J connectivity index is 1.48. The SMILES string of the molecule is C(=C1CCCC1)c1nnc([C@H]2OCC[C@H]2Cn2ccnc2)o1. The zero-order chi connectivity index (χ0) is 14.8. The number of nitrogens with zero attached hydrogens (tertiary/aromatic N) is 4. The molecule has 0 spiro atoms. The number of imidazole rings is 1. The van der Waals surface area contributed by atoms with Gasteiger partial charge in [0.1, 0.15) is 6.10 Å². The van der Waals surface area contributed by atoms with Crippen molar-refractivity contribution in [2.75, 3.05) is 6.61 Å². The second kappa shape index (κ2) is 6.04. The van der Waals surface area contributed by atoms with Gasteiger partial charge in [-0.1, -0.05) is 5.57 Å². The molecule has 0 bridgehead atoms. The second-order valence-electron chi connectivity index (χ2n) is 6.09. The molecule has 2 aliphatic rings. The van der Waals surface area contributed by atoms with E-state index in [4.69, 9.17) is 9.15 Å². The van der Waals surface area contributed by atoms with Gasteiger partial charge >= 0.3 is 0 Å². The van der Waals surface area contributed by atoms with E-state index >= 15 is 0 Å². The maximum absolute atomic E-state index is 5.83. The van der Waals surface area contributed by atoms with Crippen LogP contribution in [-0.2, 0) is 11.3 Å². The first-order valence-electron chi connectivity index (χ1n) is 7.99. The fraction of sp³-hybridized carbons (Fsp3) is 0.562. The molecule has 0 amide bonds. The van der Waals surface area contributed by atoms with Crippen molar-refractivity contribution in [2.24, 2.45) is 5.92 Å². The molecule has 2 aromatic heterocycles. The Labute approximate surface area is 129 Å². The van der Waals surface area contributed by atoms with Crippen molar-refractivity contribution in [3.05, 3.63) is 36.1 Å². The van der Waals surface area contributed by atoms with Gasteiger partial charge in [0.05, 0.1) is 6.33 Å². The van der Waals surface area contributed by atoms with E-state index in [1.54, 1.807) is 6.20 Å². The third-order valence-corrected chi connectivity index (χ3v) is 4.49. The van der Waals surface area contributed by atoms with Gasteiger partial charge in [-0.3, -0.25) is 0 Å². The molecule has 2 fully saturated rings. The van der Waals surface area contributed by atoms with Gasteiger partial charge in [-0.15, -0.1) is 10.2 Å². The molecule has 2 aromatic rings. The highest BCUT2D eigenvalue weighted by molar-refractivity contribution is 5.43. The molecule has 1 saturated heterocycles. The quantitative estimate of drug-likeness (QED) is 0.868. The predicted molar refractivity (Wildman–Crippen MR) is 79.8 cm³/mol. The van der Waals surface area contributed by atoms with Crippen LogP contribution >= 0.6 is 0 Å². The van der Waals surface area contributed by atoms with Crippen LogP contribution in [0.2, 0.25) is 0 Å². The summed E-state index contributed by atoms with van der Waals surface area (Å²) in [5.41, 5.74) is 1.41. The zero-order valence-corrected chi connectivity index (χ0v) is 12.5. The first-order chi connectivity index (χ1) is 10.9. The summed E-state index contributed by atoms with van der Waals surface area (Å²) in [6, 6.07) is 0. The molecule has 0 N–H and O–H groups in total. The van der Waals surface area contributed by atoms with Crippen molar-refractivity contribution in [2.45, 2.75) is 44.8 Å². The summed E-state index contributed by atoms with van der Waals surface area (Å²) in [6.07, 6.45) is 13.4. The van der Waals surface area contributed by atoms with E-state index in [9.17, 15) is 0 Å². The summed E-state index contributed by atoms with van der Waals surface area (Å²) in [4.78, 5) is 4.09. The van der Waals surface area contributed by atoms with Gasteiger partial charge in [-0.25, -0.2) is 4.98 Å². The topological polar surface area (TPSA) is 66.0 Å². The van der Waals surface area contributed by atoms with E-state index in [1.807, 2.05) is 18.6 Å². The highest BCUT2D eigenvalue weighted by Gasteiger charge is 2.34. The van der Waals surface area contributed by atoms with Gasteiger partial charge in [0.25, 0.3) is 0 Å². The summed E-state index contributed by atoms with van der Waals surface area (Å²) < 4.78 is 13.7. The highest BCUT2D eigenvalue weighted by atomic mass is 16.5. The average molecular weight is 300 g/mol. The predicted octanol–water partition coefficient (Wildman–Crippen LogP) is 3.00. The molecule has 2 atom stereocenters. The summed E-state index contributed by atoms with van der Waals surface area (Å²) in [6.45, 7) is 1.60. The monoisotopic (exact) mass is 300 g/mol. The van der Waals surface area contributed by atoms with Crippen molar-refractivity contribution >= 4 is 6.08 Å². The van der Waals surface area contributed by atoms with E-state index in [-0.39, 0.29) is 6.10 Å². The molecule has 22 heavy (non-hydrogen) atoms. The first-order valence-corrected chi connectivity index (χ1v) is 7.99. The van der Waals surface area contributed by atoms with Crippen molar-refractivity contribution < 1.29 is 9.15 Å². The van der Waals surface area contributed by atoms with Crippen LogP contribution in [0.15, 0.2) is 28.7 Å². The molecule has 0 radical (unpaired) electrons. The Morgan fingerprint density at radius 3 is 3.00 bits per heavy atom. The Bertz CT molecular complexity index is 639. The smallest absolute Gasteiger partial charge is 0.245 e. The minimum Gasteiger partial charge on any atom is -0.418 e. The summed E-state index contributed by atoms with van der Waals surface area (Å²) in [5, 5.41) is 8.37. The molecule has 6 nitrogen and oxygen atoms in total. The zero-order valence-electron chi connectivity index (χ0n) is 12.5. The van der Waals surface area contributed by atoms with Crippen LogP contribution in [0.5, 0.6) is 0 Å². The molecule has 1 aliphatic carbocycles. The molecule has 6 heteroatoms. The van der Waals surface area contributed by atoms with Crippen LogP contribution < -0.4 is 0 Å². The van der Waals surface area contributed by atoms with Crippen molar-refractivity contribution in [1.29, 1.82) is 0 Å². The molecule has 116 valence electrons. The number of rotatable bonds is 4. The number of hydrogen-bond donors (Lipinski definition) is 0. The average Bonchev–Trinajstić information content (AvgIpc) is 3.27. The third-order valence-electron chi connectivity index (χ3n) is 4.49. The lowest BCUT2D eigenvalue weighted by Gasteiger charge is -2.15. The molecule has 1 aliphatic heterocycles. The lowest BCUT2D eigenvalue weighted by molar-refractivity contribution is 0.0635. The van der Waals surface area contributed by atoms with Gasteiger partial charge < -0.3 is 13.7 Å². The van der Waals surface area contributed by atoms with E-state index in [0.717, 1.165) is 32.4 Å². The summed E-state index contributed by atoms with van der Waals surface area (Å²) in [7, 11) is 0. The maximum atomic E-state index is 5.83. The van der Waals surface area contributed by atoms with E-state index in [2.05, 4.69) is 19.7 Å². The van der Waals surface area contributed by atoms with Gasteiger partial charge in [-0.2, -0.15) is 0 Å². The molecule has 3 heterocycles. The number of ether oxygens (including phenoxy) is 1. The van der Waals surface area contributed by atoms with Crippen LogP contribution in [0, 0.1) is 5.92 Å². The number of aromatic nitrogens is 4. The van der Waals surface area contributed by atoms with Gasteiger partial charge in [0.15, 0.2) is 0 Å². The number of hydrogen-bond acceptors (Lipinski definition) is 5. The minimum absolute atomic E-state index is 0.106. The van der Waals surface area contributed by atoms with Crippen molar-refractivity contribution in [1.82, 2.24) is 19.7 Å². The van der Waals surface area contributed by atoms with Gasteiger partial charge in [0.2, 0.25) is 11.8 Å². The van der Waals surface area contributed by atoms with E-state index in [0.29, 0.717) is 17.7 Å². The Hall–Kier alpha value is -1.95. The number of allylic oxidation sites excluding steroid dienone is 1. The lowest BCUT2D eigenvalue weighted by atomic mass is 10.0. The molecular weight excluding hydrogens is 280 g/mol.